The molecule has 1 amide bonds. The lowest BCUT2D eigenvalue weighted by atomic mass is 9.68. The Bertz CT molecular complexity index is 759. The van der Waals surface area contributed by atoms with Crippen LogP contribution in [0.4, 0.5) is 0 Å². The summed E-state index contributed by atoms with van der Waals surface area (Å²) in [7, 11) is 0. The molecule has 0 saturated carbocycles. The van der Waals surface area contributed by atoms with E-state index in [4.69, 9.17) is 4.74 Å². The third-order valence-corrected chi connectivity index (χ3v) is 5.10. The van der Waals surface area contributed by atoms with Gasteiger partial charge in [0.2, 0.25) is 5.91 Å². The average molecular weight is 337 g/mol. The topological polar surface area (TPSA) is 46.6 Å². The second-order valence-electron chi connectivity index (χ2n) is 6.49. The maximum absolute atomic E-state index is 12.9. The number of β-lactam (4-membered cyclic amide) rings is 1. The standard InChI is InChI=1S/C21H23NO3/c1-4-25-20(24)18-19(23)22(15(2)16-11-7-5-8-12-16)21(18,3)17-13-9-6-10-14-17/h5-15,18H,4H2,1-3H3/t15-,18-,21-/m0/s1. The van der Waals surface area contributed by atoms with Crippen LogP contribution in [-0.4, -0.2) is 23.4 Å². The fourth-order valence-electron chi connectivity index (χ4n) is 3.79. The first-order chi connectivity index (χ1) is 12.0. The van der Waals surface area contributed by atoms with Gasteiger partial charge in [0.1, 0.15) is 0 Å². The summed E-state index contributed by atoms with van der Waals surface area (Å²) in [4.78, 5) is 27.2. The Balaban J connectivity index is 2.03. The summed E-state index contributed by atoms with van der Waals surface area (Å²) in [5, 5.41) is 0. The highest BCUT2D eigenvalue weighted by Gasteiger charge is 2.63. The van der Waals surface area contributed by atoms with Crippen molar-refractivity contribution in [1.82, 2.24) is 4.90 Å². The largest absolute Gasteiger partial charge is 0.465 e. The first-order valence-corrected chi connectivity index (χ1v) is 8.62. The first kappa shape index (κ1) is 17.2. The molecule has 1 aliphatic rings. The zero-order valence-corrected chi connectivity index (χ0v) is 14.8. The van der Waals surface area contributed by atoms with Crippen molar-refractivity contribution in [1.29, 1.82) is 0 Å². The molecule has 2 aromatic rings. The number of hydrogen-bond acceptors (Lipinski definition) is 3. The van der Waals surface area contributed by atoms with Crippen LogP contribution >= 0.6 is 0 Å². The number of nitrogens with zero attached hydrogens (tertiary/aromatic N) is 1. The molecule has 0 N–H and O–H groups in total. The van der Waals surface area contributed by atoms with Gasteiger partial charge in [0, 0.05) is 0 Å². The molecular formula is C21H23NO3. The lowest BCUT2D eigenvalue weighted by Gasteiger charge is -2.57. The first-order valence-electron chi connectivity index (χ1n) is 8.62. The van der Waals surface area contributed by atoms with E-state index in [-0.39, 0.29) is 18.6 Å². The SMILES string of the molecule is CCOC(=O)[C@@H]1C(=O)N([C@@H](C)c2ccccc2)[C@@]1(C)c1ccccc1. The maximum Gasteiger partial charge on any atom is 0.321 e. The van der Waals surface area contributed by atoms with Crippen LogP contribution < -0.4 is 0 Å². The van der Waals surface area contributed by atoms with E-state index < -0.39 is 17.4 Å². The third-order valence-electron chi connectivity index (χ3n) is 5.10. The molecule has 0 aromatic heterocycles. The molecule has 25 heavy (non-hydrogen) atoms. The van der Waals surface area contributed by atoms with Gasteiger partial charge in [0.05, 0.1) is 18.2 Å². The number of amides is 1. The number of ether oxygens (including phenoxy) is 1. The normalized spacial score (nSPS) is 23.7. The van der Waals surface area contributed by atoms with Crippen molar-refractivity contribution in [2.75, 3.05) is 6.61 Å². The third kappa shape index (κ3) is 2.72. The van der Waals surface area contributed by atoms with E-state index in [1.165, 1.54) is 0 Å². The van der Waals surface area contributed by atoms with Crippen LogP contribution in [-0.2, 0) is 19.9 Å². The second-order valence-corrected chi connectivity index (χ2v) is 6.49. The van der Waals surface area contributed by atoms with Gasteiger partial charge in [0.15, 0.2) is 5.92 Å². The molecule has 0 radical (unpaired) electrons. The number of likely N-dealkylation sites (tertiary alicyclic amines) is 1. The molecule has 130 valence electrons. The van der Waals surface area contributed by atoms with Crippen molar-refractivity contribution in [3.8, 4) is 0 Å². The molecule has 1 fully saturated rings. The Kier molecular flexibility index (Phi) is 4.62. The number of esters is 1. The zero-order valence-electron chi connectivity index (χ0n) is 14.8. The van der Waals surface area contributed by atoms with E-state index in [1.807, 2.05) is 74.5 Å². The van der Waals surface area contributed by atoms with Gasteiger partial charge in [-0.3, -0.25) is 9.59 Å². The summed E-state index contributed by atoms with van der Waals surface area (Å²) < 4.78 is 5.18. The van der Waals surface area contributed by atoms with E-state index in [1.54, 1.807) is 11.8 Å². The van der Waals surface area contributed by atoms with Gasteiger partial charge in [-0.2, -0.15) is 0 Å². The number of benzene rings is 2. The molecule has 0 bridgehead atoms. The summed E-state index contributed by atoms with van der Waals surface area (Å²) in [6.07, 6.45) is 0. The summed E-state index contributed by atoms with van der Waals surface area (Å²) in [5.41, 5.74) is 1.26. The highest BCUT2D eigenvalue weighted by atomic mass is 16.5. The molecule has 0 aliphatic carbocycles. The van der Waals surface area contributed by atoms with Crippen molar-refractivity contribution in [2.24, 2.45) is 5.92 Å². The molecule has 0 unspecified atom stereocenters. The van der Waals surface area contributed by atoms with Crippen molar-refractivity contribution in [2.45, 2.75) is 32.4 Å². The van der Waals surface area contributed by atoms with Crippen LogP contribution in [0.25, 0.3) is 0 Å². The molecule has 2 aromatic carbocycles. The monoisotopic (exact) mass is 337 g/mol. The van der Waals surface area contributed by atoms with E-state index in [2.05, 4.69) is 0 Å². The van der Waals surface area contributed by atoms with Crippen LogP contribution in [0, 0.1) is 5.92 Å². The highest BCUT2D eigenvalue weighted by molar-refractivity contribution is 6.05. The fourth-order valence-corrected chi connectivity index (χ4v) is 3.79. The number of carbonyl (C=O) groups excluding carboxylic acids is 2. The fraction of sp³-hybridized carbons (Fsp3) is 0.333. The van der Waals surface area contributed by atoms with E-state index >= 15 is 0 Å². The lowest BCUT2D eigenvalue weighted by molar-refractivity contribution is -0.190. The minimum Gasteiger partial charge on any atom is -0.465 e. The Labute approximate surface area is 148 Å². The van der Waals surface area contributed by atoms with Crippen molar-refractivity contribution in [3.63, 3.8) is 0 Å². The van der Waals surface area contributed by atoms with Crippen molar-refractivity contribution >= 4 is 11.9 Å². The van der Waals surface area contributed by atoms with Gasteiger partial charge in [-0.25, -0.2) is 0 Å². The van der Waals surface area contributed by atoms with Gasteiger partial charge in [-0.1, -0.05) is 60.7 Å². The number of rotatable bonds is 5. The van der Waals surface area contributed by atoms with E-state index in [9.17, 15) is 9.59 Å². The summed E-state index contributed by atoms with van der Waals surface area (Å²) in [6.45, 7) is 5.97. The van der Waals surface area contributed by atoms with E-state index in [0.29, 0.717) is 0 Å². The highest BCUT2D eigenvalue weighted by Crippen LogP contribution is 2.51. The van der Waals surface area contributed by atoms with Gasteiger partial charge in [-0.05, 0) is 31.9 Å². The lowest BCUT2D eigenvalue weighted by Crippen LogP contribution is -2.70. The van der Waals surface area contributed by atoms with Crippen LogP contribution in [0.15, 0.2) is 60.7 Å². The van der Waals surface area contributed by atoms with Gasteiger partial charge < -0.3 is 9.64 Å². The quantitative estimate of drug-likeness (QED) is 0.475. The minimum absolute atomic E-state index is 0.135. The molecule has 1 saturated heterocycles. The van der Waals surface area contributed by atoms with Crippen LogP contribution in [0.5, 0.6) is 0 Å². The Morgan fingerprint density at radius 2 is 1.68 bits per heavy atom. The predicted molar refractivity (Wildman–Crippen MR) is 95.6 cm³/mol. The predicted octanol–water partition coefficient (Wildman–Crippen LogP) is 3.68. The molecule has 0 spiro atoms. The molecule has 1 heterocycles. The molecular weight excluding hydrogens is 314 g/mol. The molecule has 4 nitrogen and oxygen atoms in total. The van der Waals surface area contributed by atoms with Crippen LogP contribution in [0.3, 0.4) is 0 Å². The Morgan fingerprint density at radius 3 is 2.24 bits per heavy atom. The number of hydrogen-bond donors (Lipinski definition) is 0. The summed E-state index contributed by atoms with van der Waals surface area (Å²) >= 11 is 0. The Morgan fingerprint density at radius 1 is 1.12 bits per heavy atom. The average Bonchev–Trinajstić information content (AvgIpc) is 2.63. The smallest absolute Gasteiger partial charge is 0.321 e. The molecule has 3 atom stereocenters. The van der Waals surface area contributed by atoms with Crippen LogP contribution in [0.1, 0.15) is 37.9 Å². The summed E-state index contributed by atoms with van der Waals surface area (Å²) in [5.74, 6) is -1.43. The molecule has 4 heteroatoms. The van der Waals surface area contributed by atoms with Crippen molar-refractivity contribution in [3.05, 3.63) is 71.8 Å². The maximum atomic E-state index is 12.9. The minimum atomic E-state index is -0.805. The second kappa shape index (κ2) is 6.71. The van der Waals surface area contributed by atoms with Crippen LogP contribution in [0.2, 0.25) is 0 Å². The molecule has 3 rings (SSSR count). The van der Waals surface area contributed by atoms with E-state index in [0.717, 1.165) is 11.1 Å². The van der Waals surface area contributed by atoms with Gasteiger partial charge >= 0.3 is 5.97 Å². The van der Waals surface area contributed by atoms with Crippen molar-refractivity contribution < 1.29 is 14.3 Å². The zero-order chi connectivity index (χ0) is 18.0. The van der Waals surface area contributed by atoms with Gasteiger partial charge in [0.25, 0.3) is 0 Å². The number of carbonyl (C=O) groups is 2. The molecule has 1 aliphatic heterocycles. The summed E-state index contributed by atoms with van der Waals surface area (Å²) in [6, 6.07) is 19.4. The Hall–Kier alpha value is -2.62. The van der Waals surface area contributed by atoms with Gasteiger partial charge in [-0.15, -0.1) is 0 Å².